The van der Waals surface area contributed by atoms with E-state index in [-0.39, 0.29) is 23.6 Å². The van der Waals surface area contributed by atoms with E-state index in [1.54, 1.807) is 35.3 Å². The molecule has 3 aromatic heterocycles. The number of rotatable bonds is 4. The highest BCUT2D eigenvalue weighted by Gasteiger charge is 2.27. The van der Waals surface area contributed by atoms with E-state index in [1.165, 1.54) is 6.07 Å². The normalized spacial score (nSPS) is 13.2. The van der Waals surface area contributed by atoms with Crippen LogP contribution in [0.15, 0.2) is 40.5 Å². The number of carbonyl (C=O) groups is 1. The van der Waals surface area contributed by atoms with Gasteiger partial charge in [-0.1, -0.05) is 12.1 Å². The van der Waals surface area contributed by atoms with Gasteiger partial charge in [0.05, 0.1) is 22.7 Å². The highest BCUT2D eigenvalue weighted by Crippen LogP contribution is 2.26. The van der Waals surface area contributed by atoms with Crippen LogP contribution in [0.2, 0.25) is 0 Å². The van der Waals surface area contributed by atoms with Gasteiger partial charge < -0.3 is 9.47 Å². The average Bonchev–Trinajstić information content (AvgIpc) is 3.49. The van der Waals surface area contributed by atoms with E-state index in [4.69, 9.17) is 0 Å². The summed E-state index contributed by atoms with van der Waals surface area (Å²) in [6, 6.07) is 8.45. The Morgan fingerprint density at radius 3 is 2.82 bits per heavy atom. The molecule has 1 amide bonds. The SMILES string of the molecule is Cc1c(Cc2ccc(F)c(C(=O)N3CCn4c(nnc4-c4cccs4)C3)c2)n[nH]c(=O)c1C. The van der Waals surface area contributed by atoms with Crippen molar-refractivity contribution in [3.05, 3.63) is 85.7 Å². The van der Waals surface area contributed by atoms with E-state index in [1.807, 2.05) is 29.0 Å². The molecular formula is C23H21FN6O2S. The maximum Gasteiger partial charge on any atom is 0.267 e. The second kappa shape index (κ2) is 8.36. The predicted octanol–water partition coefficient (Wildman–Crippen LogP) is 3.09. The van der Waals surface area contributed by atoms with Gasteiger partial charge in [-0.2, -0.15) is 5.10 Å². The fourth-order valence-electron chi connectivity index (χ4n) is 3.97. The summed E-state index contributed by atoms with van der Waals surface area (Å²) in [5.41, 5.74) is 2.58. The first-order chi connectivity index (χ1) is 15.9. The van der Waals surface area contributed by atoms with Gasteiger partial charge in [0.2, 0.25) is 0 Å². The van der Waals surface area contributed by atoms with Crippen molar-refractivity contribution >= 4 is 17.2 Å². The van der Waals surface area contributed by atoms with Gasteiger partial charge in [-0.15, -0.1) is 21.5 Å². The first kappa shape index (κ1) is 21.2. The topological polar surface area (TPSA) is 96.8 Å². The lowest BCUT2D eigenvalue weighted by Gasteiger charge is -2.28. The van der Waals surface area contributed by atoms with E-state index in [0.29, 0.717) is 36.6 Å². The van der Waals surface area contributed by atoms with Crippen molar-refractivity contribution in [3.63, 3.8) is 0 Å². The first-order valence-corrected chi connectivity index (χ1v) is 11.4. The van der Waals surface area contributed by atoms with Crippen LogP contribution in [-0.2, 0) is 19.5 Å². The summed E-state index contributed by atoms with van der Waals surface area (Å²) >= 11 is 1.59. The number of fused-ring (bicyclic) bond motifs is 1. The molecule has 168 valence electrons. The summed E-state index contributed by atoms with van der Waals surface area (Å²) in [5.74, 6) is 0.512. The van der Waals surface area contributed by atoms with Crippen LogP contribution in [-0.4, -0.2) is 42.3 Å². The molecule has 0 aliphatic carbocycles. The number of carbonyl (C=O) groups excluding carboxylic acids is 1. The minimum absolute atomic E-state index is 0.0118. The van der Waals surface area contributed by atoms with Crippen LogP contribution in [0.4, 0.5) is 4.39 Å². The Balaban J connectivity index is 1.38. The van der Waals surface area contributed by atoms with Crippen LogP contribution in [0.5, 0.6) is 0 Å². The molecule has 5 rings (SSSR count). The Morgan fingerprint density at radius 1 is 1.18 bits per heavy atom. The van der Waals surface area contributed by atoms with Gasteiger partial charge in [-0.3, -0.25) is 9.59 Å². The zero-order chi connectivity index (χ0) is 23.1. The second-order valence-electron chi connectivity index (χ2n) is 8.04. The summed E-state index contributed by atoms with van der Waals surface area (Å²) in [7, 11) is 0. The Labute approximate surface area is 192 Å². The smallest absolute Gasteiger partial charge is 0.267 e. The molecule has 1 aliphatic rings. The number of aromatic nitrogens is 5. The van der Waals surface area contributed by atoms with Crippen molar-refractivity contribution in [3.8, 4) is 10.7 Å². The fourth-order valence-corrected chi connectivity index (χ4v) is 4.69. The van der Waals surface area contributed by atoms with Crippen molar-refractivity contribution in [2.75, 3.05) is 6.54 Å². The number of benzene rings is 1. The largest absolute Gasteiger partial charge is 0.329 e. The molecule has 0 fully saturated rings. The molecule has 0 saturated carbocycles. The van der Waals surface area contributed by atoms with Crippen molar-refractivity contribution in [1.82, 2.24) is 29.9 Å². The Kier molecular flexibility index (Phi) is 5.37. The zero-order valence-corrected chi connectivity index (χ0v) is 18.9. The summed E-state index contributed by atoms with van der Waals surface area (Å²) < 4.78 is 16.7. The third-order valence-corrected chi connectivity index (χ3v) is 6.91. The molecule has 0 unspecified atom stereocenters. The van der Waals surface area contributed by atoms with Crippen LogP contribution < -0.4 is 5.56 Å². The minimum Gasteiger partial charge on any atom is -0.329 e. The first-order valence-electron chi connectivity index (χ1n) is 10.5. The molecule has 0 saturated heterocycles. The molecule has 1 N–H and O–H groups in total. The second-order valence-corrected chi connectivity index (χ2v) is 8.98. The standard InChI is InChI=1S/C23H21FN6O2S/c1-13-14(2)22(31)28-25-18(13)11-15-5-6-17(24)16(10-15)23(32)29-7-8-30-20(12-29)26-27-21(30)19-4-3-9-33-19/h3-6,9-10H,7-8,11-12H2,1-2H3,(H,28,31). The molecule has 0 atom stereocenters. The number of hydrogen-bond donors (Lipinski definition) is 1. The summed E-state index contributed by atoms with van der Waals surface area (Å²) in [4.78, 5) is 27.6. The minimum atomic E-state index is -0.572. The van der Waals surface area contributed by atoms with Gasteiger partial charge in [0.25, 0.3) is 11.5 Å². The maximum absolute atomic E-state index is 14.7. The molecule has 1 aromatic carbocycles. The van der Waals surface area contributed by atoms with Crippen LogP contribution >= 0.6 is 11.3 Å². The van der Waals surface area contributed by atoms with Gasteiger partial charge in [-0.25, -0.2) is 9.49 Å². The fraction of sp³-hybridized carbons (Fsp3) is 0.261. The predicted molar refractivity (Wildman–Crippen MR) is 122 cm³/mol. The molecule has 4 heterocycles. The third-order valence-electron chi connectivity index (χ3n) is 6.04. The van der Waals surface area contributed by atoms with Crippen LogP contribution in [0.3, 0.4) is 0 Å². The van der Waals surface area contributed by atoms with Gasteiger partial charge in [0.1, 0.15) is 5.82 Å². The number of aromatic amines is 1. The molecule has 0 spiro atoms. The lowest BCUT2D eigenvalue weighted by molar-refractivity contribution is 0.0703. The lowest BCUT2D eigenvalue weighted by Crippen LogP contribution is -2.39. The highest BCUT2D eigenvalue weighted by molar-refractivity contribution is 7.13. The van der Waals surface area contributed by atoms with Gasteiger partial charge in [0, 0.05) is 25.1 Å². The molecule has 4 aromatic rings. The van der Waals surface area contributed by atoms with E-state index in [2.05, 4.69) is 20.4 Å². The molecule has 8 nitrogen and oxygen atoms in total. The number of halogens is 1. The number of nitrogens with zero attached hydrogens (tertiary/aromatic N) is 5. The Morgan fingerprint density at radius 2 is 2.03 bits per heavy atom. The molecule has 0 bridgehead atoms. The molecular weight excluding hydrogens is 443 g/mol. The highest BCUT2D eigenvalue weighted by atomic mass is 32.1. The van der Waals surface area contributed by atoms with Crippen molar-refractivity contribution in [1.29, 1.82) is 0 Å². The molecule has 0 radical (unpaired) electrons. The number of hydrogen-bond acceptors (Lipinski definition) is 6. The van der Waals surface area contributed by atoms with Crippen LogP contribution in [0.1, 0.15) is 38.6 Å². The zero-order valence-electron chi connectivity index (χ0n) is 18.1. The summed E-state index contributed by atoms with van der Waals surface area (Å²) in [5, 5.41) is 17.1. The Bertz CT molecular complexity index is 1410. The maximum atomic E-state index is 14.7. The number of amides is 1. The summed E-state index contributed by atoms with van der Waals surface area (Å²) in [6.45, 7) is 4.81. The number of thiophene rings is 1. The van der Waals surface area contributed by atoms with Crippen molar-refractivity contribution in [2.24, 2.45) is 0 Å². The lowest BCUT2D eigenvalue weighted by atomic mass is 10.0. The number of nitrogens with one attached hydrogen (secondary N) is 1. The van der Waals surface area contributed by atoms with E-state index >= 15 is 0 Å². The molecule has 33 heavy (non-hydrogen) atoms. The van der Waals surface area contributed by atoms with E-state index in [0.717, 1.165) is 21.8 Å². The number of H-pyrrole nitrogens is 1. The Hall–Kier alpha value is -3.66. The van der Waals surface area contributed by atoms with Gasteiger partial charge in [0.15, 0.2) is 11.6 Å². The van der Waals surface area contributed by atoms with E-state index in [9.17, 15) is 14.0 Å². The summed E-state index contributed by atoms with van der Waals surface area (Å²) in [6.07, 6.45) is 0.377. The van der Waals surface area contributed by atoms with Gasteiger partial charge >= 0.3 is 0 Å². The third kappa shape index (κ3) is 3.86. The quantitative estimate of drug-likeness (QED) is 0.501. The van der Waals surface area contributed by atoms with Crippen molar-refractivity contribution in [2.45, 2.75) is 33.4 Å². The monoisotopic (exact) mass is 464 g/mol. The van der Waals surface area contributed by atoms with Gasteiger partial charge in [-0.05, 0) is 48.6 Å². The van der Waals surface area contributed by atoms with E-state index < -0.39 is 5.82 Å². The van der Waals surface area contributed by atoms with Crippen LogP contribution in [0.25, 0.3) is 10.7 Å². The molecule has 10 heteroatoms. The average molecular weight is 465 g/mol. The van der Waals surface area contributed by atoms with Crippen LogP contribution in [0, 0.1) is 19.7 Å². The molecule has 1 aliphatic heterocycles. The van der Waals surface area contributed by atoms with Crippen molar-refractivity contribution < 1.29 is 9.18 Å².